The number of unbranched alkanes of at least 4 members (excludes halogenated alkanes) is 40. The van der Waals surface area contributed by atoms with Crippen molar-refractivity contribution in [1.29, 1.82) is 0 Å². The summed E-state index contributed by atoms with van der Waals surface area (Å²) in [5.74, 6) is -0.654. The molecular weight excluding hydrogens is 1260 g/mol. The molecule has 0 fully saturated rings. The van der Waals surface area contributed by atoms with Gasteiger partial charge in [0.05, 0.1) is 26.4 Å². The summed E-state index contributed by atoms with van der Waals surface area (Å²) in [7, 11) is -9.92. The predicted octanol–water partition coefficient (Wildman–Crippen LogP) is 22.3. The Morgan fingerprint density at radius 2 is 0.615 bits per heavy atom. The van der Waals surface area contributed by atoms with E-state index >= 15 is 0 Å². The summed E-state index contributed by atoms with van der Waals surface area (Å²) >= 11 is 0. The molecule has 0 aliphatic rings. The van der Waals surface area contributed by atoms with Crippen LogP contribution in [0.2, 0.25) is 0 Å². The van der Waals surface area contributed by atoms with Gasteiger partial charge in [-0.05, 0) is 63.2 Å². The first-order valence-electron chi connectivity index (χ1n) is 39.3. The van der Waals surface area contributed by atoms with Gasteiger partial charge < -0.3 is 33.8 Å². The average molecular weight is 1410 g/mol. The maximum Gasteiger partial charge on any atom is 0.472 e. The lowest BCUT2D eigenvalue weighted by atomic mass is 9.99. The van der Waals surface area contributed by atoms with Crippen molar-refractivity contribution in [2.45, 2.75) is 394 Å². The number of carbonyl (C=O) groups excluding carboxylic acids is 4. The van der Waals surface area contributed by atoms with E-state index in [1.807, 2.05) is 0 Å². The van der Waals surface area contributed by atoms with Crippen LogP contribution in [0.25, 0.3) is 0 Å². The van der Waals surface area contributed by atoms with Crippen LogP contribution in [0.3, 0.4) is 0 Å². The third-order valence-corrected chi connectivity index (χ3v) is 19.6. The van der Waals surface area contributed by atoms with Gasteiger partial charge >= 0.3 is 39.5 Å². The molecule has 0 radical (unpaired) electrons. The van der Waals surface area contributed by atoms with Crippen molar-refractivity contribution in [1.82, 2.24) is 0 Å². The van der Waals surface area contributed by atoms with E-state index in [0.717, 1.165) is 121 Å². The lowest BCUT2D eigenvalue weighted by Crippen LogP contribution is -2.30. The zero-order chi connectivity index (χ0) is 70.7. The molecule has 3 N–H and O–H groups in total. The van der Waals surface area contributed by atoms with Gasteiger partial charge in [0.25, 0.3) is 0 Å². The van der Waals surface area contributed by atoms with Gasteiger partial charge in [0.2, 0.25) is 0 Å². The molecule has 0 heterocycles. The molecule has 0 saturated heterocycles. The van der Waals surface area contributed by atoms with Gasteiger partial charge in [-0.15, -0.1) is 0 Å². The topological polar surface area (TPSA) is 237 Å². The summed E-state index contributed by atoms with van der Waals surface area (Å²) in [5, 5.41) is 10.6. The molecule has 0 aromatic rings. The fourth-order valence-electron chi connectivity index (χ4n) is 11.3. The number of esters is 4. The Kier molecular flexibility index (Phi) is 66.6. The molecule has 566 valence electrons. The van der Waals surface area contributed by atoms with Gasteiger partial charge in [0, 0.05) is 25.7 Å². The molecule has 0 amide bonds. The Labute approximate surface area is 586 Å². The summed E-state index contributed by atoms with van der Waals surface area (Å²) in [5.41, 5.74) is 0. The van der Waals surface area contributed by atoms with E-state index in [1.54, 1.807) is 0 Å². The normalized spacial score (nSPS) is 14.4. The molecule has 6 atom stereocenters. The highest BCUT2D eigenvalue weighted by atomic mass is 31.2. The quantitative estimate of drug-likeness (QED) is 0.0169. The first kappa shape index (κ1) is 93.5. The van der Waals surface area contributed by atoms with Gasteiger partial charge in [0.1, 0.15) is 19.3 Å². The van der Waals surface area contributed by atoms with E-state index < -0.39 is 97.5 Å². The number of ether oxygens (including phenoxy) is 4. The number of allylic oxidation sites excluding steroid dienone is 4. The van der Waals surface area contributed by atoms with Crippen LogP contribution in [0.15, 0.2) is 24.3 Å². The molecule has 17 nitrogen and oxygen atoms in total. The van der Waals surface area contributed by atoms with Crippen molar-refractivity contribution in [3.05, 3.63) is 24.3 Å². The predicted molar refractivity (Wildman–Crippen MR) is 391 cm³/mol. The fraction of sp³-hybridized carbons (Fsp3) is 0.896. The van der Waals surface area contributed by atoms with Crippen molar-refractivity contribution < 1.29 is 80.2 Å². The Balaban J connectivity index is 5.29. The van der Waals surface area contributed by atoms with Gasteiger partial charge in [-0.1, -0.05) is 323 Å². The highest BCUT2D eigenvalue weighted by Crippen LogP contribution is 2.45. The molecular formula is C77H146O17P2. The Morgan fingerprint density at radius 3 is 0.938 bits per heavy atom. The van der Waals surface area contributed by atoms with Crippen molar-refractivity contribution in [2.24, 2.45) is 11.8 Å². The van der Waals surface area contributed by atoms with Gasteiger partial charge in [-0.25, -0.2) is 9.13 Å². The number of aliphatic hydroxyl groups is 1. The van der Waals surface area contributed by atoms with E-state index in [4.69, 9.17) is 37.0 Å². The fourth-order valence-corrected chi connectivity index (χ4v) is 12.8. The largest absolute Gasteiger partial charge is 0.472 e. The molecule has 96 heavy (non-hydrogen) atoms. The standard InChI is InChI=1S/C77H146O17P2/c1-7-10-12-14-16-18-20-22-24-25-26-28-30-32-34-43-49-55-61-76(81)93-72(65-87-74(79)59-53-47-41-33-31-29-27-23-21-19-17-15-13-11-8-2)67-91-95(83,84)89-63-71(78)64-90-96(85,86)92-68-73(66-88-75(80)60-54-48-42-37-35-39-45-51-57-69(4)5)94-77(82)62-56-50-44-38-36-40-46-52-58-70(6)9-3/h19,21,23,27,69-73,78H,7-18,20,22,24-26,28-68H2,1-6H3,(H,83,84)(H,85,86)/b21-19-,27-23-/t70?,71-,72-,73-/m1/s1. The first-order valence-corrected chi connectivity index (χ1v) is 42.3. The maximum atomic E-state index is 13.1. The molecule has 0 bridgehead atoms. The van der Waals surface area contributed by atoms with E-state index in [-0.39, 0.29) is 25.7 Å². The smallest absolute Gasteiger partial charge is 0.462 e. The second-order valence-electron chi connectivity index (χ2n) is 27.8. The number of hydrogen-bond donors (Lipinski definition) is 3. The molecule has 19 heteroatoms. The number of phosphoric ester groups is 2. The minimum absolute atomic E-state index is 0.101. The highest BCUT2D eigenvalue weighted by molar-refractivity contribution is 7.47. The third-order valence-electron chi connectivity index (χ3n) is 17.7. The second kappa shape index (κ2) is 68.3. The lowest BCUT2D eigenvalue weighted by molar-refractivity contribution is -0.161. The van der Waals surface area contributed by atoms with Crippen LogP contribution in [0, 0.1) is 11.8 Å². The average Bonchev–Trinajstić information content (AvgIpc) is 1.32. The van der Waals surface area contributed by atoms with Gasteiger partial charge in [0.15, 0.2) is 12.2 Å². The van der Waals surface area contributed by atoms with Crippen LogP contribution < -0.4 is 0 Å². The second-order valence-corrected chi connectivity index (χ2v) is 30.7. The van der Waals surface area contributed by atoms with E-state index in [9.17, 15) is 43.2 Å². The van der Waals surface area contributed by atoms with E-state index in [0.29, 0.717) is 25.7 Å². The maximum absolute atomic E-state index is 13.1. The molecule has 0 aromatic carbocycles. The van der Waals surface area contributed by atoms with Gasteiger partial charge in [-0.3, -0.25) is 37.3 Å². The Hall–Kier alpha value is -2.46. The zero-order valence-corrected chi connectivity index (χ0v) is 63.9. The number of carbonyl (C=O) groups is 4. The van der Waals surface area contributed by atoms with Crippen LogP contribution in [-0.2, 0) is 65.4 Å². The Bertz CT molecular complexity index is 1950. The summed E-state index contributed by atoms with van der Waals surface area (Å²) in [6.45, 7) is 9.49. The lowest BCUT2D eigenvalue weighted by Gasteiger charge is -2.21. The number of rotatable bonds is 74. The summed E-state index contributed by atoms with van der Waals surface area (Å²) in [6.07, 6.45) is 59.1. The Morgan fingerprint density at radius 1 is 0.344 bits per heavy atom. The molecule has 0 aliphatic carbocycles. The molecule has 3 unspecified atom stereocenters. The minimum atomic E-state index is -4.97. The van der Waals surface area contributed by atoms with E-state index in [2.05, 4.69) is 65.8 Å². The van der Waals surface area contributed by atoms with E-state index in [1.165, 1.54) is 173 Å². The van der Waals surface area contributed by atoms with Crippen molar-refractivity contribution in [3.8, 4) is 0 Å². The molecule has 0 aromatic heterocycles. The first-order chi connectivity index (χ1) is 46.4. The zero-order valence-electron chi connectivity index (χ0n) is 62.2. The number of aliphatic hydroxyl groups excluding tert-OH is 1. The van der Waals surface area contributed by atoms with Gasteiger partial charge in [-0.2, -0.15) is 0 Å². The third kappa shape index (κ3) is 68.7. The van der Waals surface area contributed by atoms with Crippen LogP contribution in [0.1, 0.15) is 375 Å². The van der Waals surface area contributed by atoms with Crippen LogP contribution in [0.5, 0.6) is 0 Å². The van der Waals surface area contributed by atoms with Crippen molar-refractivity contribution >= 4 is 39.5 Å². The highest BCUT2D eigenvalue weighted by Gasteiger charge is 2.30. The molecule has 0 spiro atoms. The summed E-state index contributed by atoms with van der Waals surface area (Å²) in [6, 6.07) is 0. The van der Waals surface area contributed by atoms with Crippen LogP contribution in [0.4, 0.5) is 0 Å². The van der Waals surface area contributed by atoms with Crippen LogP contribution in [-0.4, -0.2) is 96.7 Å². The molecule has 0 rings (SSSR count). The molecule has 0 saturated carbocycles. The summed E-state index contributed by atoms with van der Waals surface area (Å²) < 4.78 is 68.5. The number of phosphoric acid groups is 2. The molecule has 0 aliphatic heterocycles. The minimum Gasteiger partial charge on any atom is -0.462 e. The summed E-state index contributed by atoms with van der Waals surface area (Å²) in [4.78, 5) is 72.8. The van der Waals surface area contributed by atoms with Crippen molar-refractivity contribution in [3.63, 3.8) is 0 Å². The monoisotopic (exact) mass is 1410 g/mol. The van der Waals surface area contributed by atoms with Crippen LogP contribution >= 0.6 is 15.6 Å². The van der Waals surface area contributed by atoms with Crippen molar-refractivity contribution in [2.75, 3.05) is 39.6 Å². The number of hydrogen-bond acceptors (Lipinski definition) is 15. The SMILES string of the molecule is CCCCCC/C=C\C=C/CCCCCCCC(=O)OC[C@H](COP(=O)(O)OC[C@@H](O)COP(=O)(O)OC[C@@H](COC(=O)CCCCCCCCCCC(C)C)OC(=O)CCCCCCCCCCC(C)CC)OC(=O)CCCCCCCCCCCCCCCCCCCC.